The van der Waals surface area contributed by atoms with Crippen LogP contribution in [0.3, 0.4) is 0 Å². The fourth-order valence-corrected chi connectivity index (χ4v) is 4.87. The fraction of sp³-hybridized carbons (Fsp3) is 0.258. The summed E-state index contributed by atoms with van der Waals surface area (Å²) in [5.41, 5.74) is 3.61. The van der Waals surface area contributed by atoms with Gasteiger partial charge in [-0.05, 0) is 62.9 Å². The van der Waals surface area contributed by atoms with Gasteiger partial charge in [0.2, 0.25) is 0 Å². The molecule has 0 unspecified atom stereocenters. The largest absolute Gasteiger partial charge is 0.256 e. The van der Waals surface area contributed by atoms with Gasteiger partial charge < -0.3 is 0 Å². The first-order chi connectivity index (χ1) is 15.8. The van der Waals surface area contributed by atoms with Crippen LogP contribution in [0.1, 0.15) is 56.6 Å². The summed E-state index contributed by atoms with van der Waals surface area (Å²) in [6.45, 7) is 2.27. The molecule has 0 aliphatic rings. The molecule has 0 radical (unpaired) electrons. The van der Waals surface area contributed by atoms with Crippen LogP contribution in [0.15, 0.2) is 83.9 Å². The van der Waals surface area contributed by atoms with Gasteiger partial charge in [-0.3, -0.25) is 4.99 Å². The van der Waals surface area contributed by atoms with E-state index in [1.807, 2.05) is 6.21 Å². The number of hydrogen-bond donors (Lipinski definition) is 0. The zero-order chi connectivity index (χ0) is 21.8. The van der Waals surface area contributed by atoms with Gasteiger partial charge in [0.25, 0.3) is 0 Å². The molecule has 5 aromatic rings. The van der Waals surface area contributed by atoms with Gasteiger partial charge in [-0.2, -0.15) is 0 Å². The summed E-state index contributed by atoms with van der Waals surface area (Å²) in [6, 6.07) is 28.7. The van der Waals surface area contributed by atoms with Crippen LogP contribution in [-0.2, 0) is 6.42 Å². The molecule has 0 bridgehead atoms. The van der Waals surface area contributed by atoms with E-state index in [0.717, 1.165) is 5.69 Å². The van der Waals surface area contributed by atoms with E-state index in [0.29, 0.717) is 0 Å². The summed E-state index contributed by atoms with van der Waals surface area (Å²) in [5.74, 6) is 0. The zero-order valence-electron chi connectivity index (χ0n) is 19.0. The highest BCUT2D eigenvalue weighted by atomic mass is 14.7. The monoisotopic (exact) mass is 417 g/mol. The van der Waals surface area contributed by atoms with Crippen LogP contribution in [-0.4, -0.2) is 6.21 Å². The maximum Gasteiger partial charge on any atom is 0.0630 e. The van der Waals surface area contributed by atoms with E-state index in [9.17, 15) is 0 Å². The van der Waals surface area contributed by atoms with Crippen LogP contribution in [0.25, 0.3) is 32.3 Å². The normalized spacial score (nSPS) is 12.0. The maximum absolute atomic E-state index is 4.81. The SMILES string of the molecule is CCCCCCCCc1ccc(N=Cc2ccc3ccc4cccc5ccc2c3c45)cc1. The third kappa shape index (κ3) is 4.25. The van der Waals surface area contributed by atoms with Crippen molar-refractivity contribution >= 4 is 44.2 Å². The number of rotatable bonds is 9. The van der Waals surface area contributed by atoms with Gasteiger partial charge in [-0.25, -0.2) is 0 Å². The van der Waals surface area contributed by atoms with Crippen LogP contribution < -0.4 is 0 Å². The summed E-state index contributed by atoms with van der Waals surface area (Å²) in [6.07, 6.45) is 11.3. The number of hydrogen-bond acceptors (Lipinski definition) is 1. The van der Waals surface area contributed by atoms with E-state index in [1.165, 1.54) is 88.4 Å². The van der Waals surface area contributed by atoms with Crippen molar-refractivity contribution in [2.24, 2.45) is 4.99 Å². The lowest BCUT2D eigenvalue weighted by molar-refractivity contribution is 0.607. The third-order valence-electron chi connectivity index (χ3n) is 6.67. The van der Waals surface area contributed by atoms with Gasteiger partial charge >= 0.3 is 0 Å². The maximum atomic E-state index is 4.81. The second kappa shape index (κ2) is 9.53. The highest BCUT2D eigenvalue weighted by Gasteiger charge is 2.09. The molecular weight excluding hydrogens is 386 g/mol. The summed E-state index contributed by atoms with van der Waals surface area (Å²) in [4.78, 5) is 4.81. The van der Waals surface area contributed by atoms with E-state index in [-0.39, 0.29) is 0 Å². The molecule has 5 rings (SSSR count). The van der Waals surface area contributed by atoms with Crippen molar-refractivity contribution in [3.05, 3.63) is 90.0 Å². The molecule has 1 heteroatoms. The molecule has 0 aliphatic heterocycles. The van der Waals surface area contributed by atoms with Crippen LogP contribution in [0.5, 0.6) is 0 Å². The quantitative estimate of drug-likeness (QED) is 0.129. The predicted octanol–water partition coefficient (Wildman–Crippen LogP) is 9.24. The molecule has 0 saturated heterocycles. The fourth-order valence-electron chi connectivity index (χ4n) is 4.87. The van der Waals surface area contributed by atoms with Gasteiger partial charge in [0.05, 0.1) is 5.69 Å². The first-order valence-corrected chi connectivity index (χ1v) is 12.1. The number of aliphatic imine (C=N–C) groups is 1. The Labute approximate surface area is 191 Å². The molecule has 160 valence electrons. The highest BCUT2D eigenvalue weighted by molar-refractivity contribution is 6.25. The van der Waals surface area contributed by atoms with Gasteiger partial charge in [0, 0.05) is 11.8 Å². The Hall–Kier alpha value is -3.19. The van der Waals surface area contributed by atoms with Gasteiger partial charge in [-0.15, -0.1) is 0 Å². The van der Waals surface area contributed by atoms with E-state index >= 15 is 0 Å². The Kier molecular flexibility index (Phi) is 6.16. The second-order valence-electron chi connectivity index (χ2n) is 8.95. The Balaban J connectivity index is 1.34. The lowest BCUT2D eigenvalue weighted by Crippen LogP contribution is -1.89. The first kappa shape index (κ1) is 20.7. The molecule has 1 nitrogen and oxygen atoms in total. The summed E-state index contributed by atoms with van der Waals surface area (Å²) >= 11 is 0. The molecule has 0 heterocycles. The lowest BCUT2D eigenvalue weighted by Gasteiger charge is -2.12. The lowest BCUT2D eigenvalue weighted by atomic mass is 9.92. The van der Waals surface area contributed by atoms with Crippen LogP contribution >= 0.6 is 0 Å². The van der Waals surface area contributed by atoms with E-state index < -0.39 is 0 Å². The van der Waals surface area contributed by atoms with E-state index in [1.54, 1.807) is 0 Å². The van der Waals surface area contributed by atoms with Crippen molar-refractivity contribution in [2.75, 3.05) is 0 Å². The first-order valence-electron chi connectivity index (χ1n) is 12.1. The van der Waals surface area contributed by atoms with Gasteiger partial charge in [-0.1, -0.05) is 106 Å². The topological polar surface area (TPSA) is 12.4 Å². The van der Waals surface area contributed by atoms with Crippen LogP contribution in [0.2, 0.25) is 0 Å². The standard InChI is InChI=1S/C31H31N/c1-2-3-4-5-6-7-9-23-12-19-28(20-13-23)32-22-27-17-16-26-15-14-24-10-8-11-25-18-21-29(27)31(26)30(24)25/h8,10-22H,2-7,9H2,1H3. The van der Waals surface area contributed by atoms with Crippen molar-refractivity contribution in [3.8, 4) is 0 Å². The predicted molar refractivity (Wildman–Crippen MR) is 141 cm³/mol. The summed E-state index contributed by atoms with van der Waals surface area (Å²) in [5, 5.41) is 7.87. The Morgan fingerprint density at radius 1 is 0.625 bits per heavy atom. The highest BCUT2D eigenvalue weighted by Crippen LogP contribution is 2.35. The minimum absolute atomic E-state index is 1.02. The van der Waals surface area contributed by atoms with Gasteiger partial charge in [0.1, 0.15) is 0 Å². The van der Waals surface area contributed by atoms with Crippen LogP contribution in [0.4, 0.5) is 5.69 Å². The average Bonchev–Trinajstić information content (AvgIpc) is 2.84. The van der Waals surface area contributed by atoms with Crippen molar-refractivity contribution in [2.45, 2.75) is 51.9 Å². The summed E-state index contributed by atoms with van der Waals surface area (Å²) < 4.78 is 0. The Morgan fingerprint density at radius 3 is 2.06 bits per heavy atom. The van der Waals surface area contributed by atoms with Crippen molar-refractivity contribution in [3.63, 3.8) is 0 Å². The number of nitrogens with zero attached hydrogens (tertiary/aromatic N) is 1. The molecule has 32 heavy (non-hydrogen) atoms. The Bertz CT molecular complexity index is 1330. The van der Waals surface area contributed by atoms with Crippen molar-refractivity contribution in [1.29, 1.82) is 0 Å². The molecule has 0 spiro atoms. The molecule has 0 fully saturated rings. The van der Waals surface area contributed by atoms with Crippen LogP contribution in [0, 0.1) is 0 Å². The summed E-state index contributed by atoms with van der Waals surface area (Å²) in [7, 11) is 0. The third-order valence-corrected chi connectivity index (χ3v) is 6.67. The van der Waals surface area contributed by atoms with E-state index in [2.05, 4.69) is 85.8 Å². The van der Waals surface area contributed by atoms with E-state index in [4.69, 9.17) is 4.99 Å². The molecule has 0 aromatic heterocycles. The Morgan fingerprint density at radius 2 is 1.28 bits per heavy atom. The number of aryl methyl sites for hydroxylation is 1. The molecule has 0 amide bonds. The number of unbranched alkanes of at least 4 members (excludes halogenated alkanes) is 5. The zero-order valence-corrected chi connectivity index (χ0v) is 19.0. The minimum Gasteiger partial charge on any atom is -0.256 e. The van der Waals surface area contributed by atoms with Gasteiger partial charge in [0.15, 0.2) is 0 Å². The second-order valence-corrected chi connectivity index (χ2v) is 8.95. The molecule has 5 aromatic carbocycles. The number of benzene rings is 5. The molecule has 0 aliphatic carbocycles. The molecule has 0 atom stereocenters. The molecule has 0 saturated carbocycles. The smallest absolute Gasteiger partial charge is 0.0630 e. The van der Waals surface area contributed by atoms with Crippen molar-refractivity contribution < 1.29 is 0 Å². The molecule has 0 N–H and O–H groups in total. The molecular formula is C31H31N. The average molecular weight is 418 g/mol. The van der Waals surface area contributed by atoms with Crippen molar-refractivity contribution in [1.82, 2.24) is 0 Å². The minimum atomic E-state index is 1.02.